The standard InChI is InChI=1S/C30H29F6NO3/c1-16(2)20-6-9-26(39-5)24(13-20)23-8-7-21(29(31,32)33)14-25(23)27-18(4)37(28(38)40-27)15-19-10-17(3)11-22(12-19)30(34,35)36/h6-14,16,18,27H,15H2,1-5H3/t18-,27-/m0/s1. The summed E-state index contributed by atoms with van der Waals surface area (Å²) in [6, 6.07) is 11.4. The fraction of sp³-hybridized carbons (Fsp3) is 0.367. The summed E-state index contributed by atoms with van der Waals surface area (Å²) in [7, 11) is 1.45. The Balaban J connectivity index is 1.79. The molecule has 0 bridgehead atoms. The number of benzene rings is 3. The second-order valence-electron chi connectivity index (χ2n) is 10.3. The maximum absolute atomic E-state index is 13.8. The summed E-state index contributed by atoms with van der Waals surface area (Å²) in [4.78, 5) is 14.2. The summed E-state index contributed by atoms with van der Waals surface area (Å²) in [5, 5.41) is 0. The van der Waals surface area contributed by atoms with Crippen molar-refractivity contribution in [3.63, 3.8) is 0 Å². The predicted molar refractivity (Wildman–Crippen MR) is 138 cm³/mol. The van der Waals surface area contributed by atoms with Gasteiger partial charge in [0.05, 0.1) is 24.3 Å². The van der Waals surface area contributed by atoms with Crippen molar-refractivity contribution in [2.24, 2.45) is 0 Å². The molecule has 0 aromatic heterocycles. The summed E-state index contributed by atoms with van der Waals surface area (Å²) in [6.07, 6.45) is -11.2. The van der Waals surface area contributed by atoms with Crippen LogP contribution >= 0.6 is 0 Å². The van der Waals surface area contributed by atoms with Gasteiger partial charge in [0.2, 0.25) is 0 Å². The molecule has 0 unspecified atom stereocenters. The molecular formula is C30H29F6NO3. The highest BCUT2D eigenvalue weighted by Crippen LogP contribution is 2.44. The monoisotopic (exact) mass is 565 g/mol. The van der Waals surface area contributed by atoms with Crippen LogP contribution in [0.5, 0.6) is 5.75 Å². The van der Waals surface area contributed by atoms with Crippen LogP contribution in [0.2, 0.25) is 0 Å². The van der Waals surface area contributed by atoms with Crippen LogP contribution in [0.4, 0.5) is 31.1 Å². The lowest BCUT2D eigenvalue weighted by Gasteiger charge is -2.24. The van der Waals surface area contributed by atoms with E-state index in [9.17, 15) is 31.1 Å². The first kappa shape index (κ1) is 29.3. The summed E-state index contributed by atoms with van der Waals surface area (Å²) >= 11 is 0. The molecule has 3 aromatic carbocycles. The number of ether oxygens (including phenoxy) is 2. The minimum atomic E-state index is -4.65. The van der Waals surface area contributed by atoms with Gasteiger partial charge in [-0.2, -0.15) is 26.3 Å². The van der Waals surface area contributed by atoms with Crippen LogP contribution in [0.15, 0.2) is 54.6 Å². The van der Waals surface area contributed by atoms with Gasteiger partial charge in [-0.15, -0.1) is 0 Å². The van der Waals surface area contributed by atoms with Gasteiger partial charge in [0.15, 0.2) is 0 Å². The molecule has 4 nitrogen and oxygen atoms in total. The summed E-state index contributed by atoms with van der Waals surface area (Å²) in [5.41, 5.74) is 0.807. The largest absolute Gasteiger partial charge is 0.496 e. The van der Waals surface area contributed by atoms with Gasteiger partial charge in [-0.05, 0) is 72.9 Å². The van der Waals surface area contributed by atoms with Gasteiger partial charge < -0.3 is 9.47 Å². The molecule has 0 aliphatic carbocycles. The number of methoxy groups -OCH3 is 1. The van der Waals surface area contributed by atoms with Crippen molar-refractivity contribution in [3.8, 4) is 16.9 Å². The summed E-state index contributed by atoms with van der Waals surface area (Å²) in [6.45, 7) is 6.87. The average Bonchev–Trinajstić information content (AvgIpc) is 3.14. The van der Waals surface area contributed by atoms with Crippen LogP contribution in [0.3, 0.4) is 0 Å². The first-order chi connectivity index (χ1) is 18.6. The van der Waals surface area contributed by atoms with E-state index in [1.807, 2.05) is 26.0 Å². The van der Waals surface area contributed by atoms with Gasteiger partial charge in [-0.1, -0.05) is 37.6 Å². The highest BCUT2D eigenvalue weighted by Gasteiger charge is 2.42. The zero-order valence-electron chi connectivity index (χ0n) is 22.6. The van der Waals surface area contributed by atoms with E-state index in [4.69, 9.17) is 9.47 Å². The van der Waals surface area contributed by atoms with Gasteiger partial charge >= 0.3 is 18.4 Å². The Morgan fingerprint density at radius 3 is 2.17 bits per heavy atom. The van der Waals surface area contributed by atoms with E-state index in [-0.39, 0.29) is 23.6 Å². The molecule has 214 valence electrons. The maximum Gasteiger partial charge on any atom is 0.416 e. The van der Waals surface area contributed by atoms with Gasteiger partial charge in [0.25, 0.3) is 0 Å². The fourth-order valence-electron chi connectivity index (χ4n) is 4.97. The van der Waals surface area contributed by atoms with E-state index in [0.717, 1.165) is 29.8 Å². The number of hydrogen-bond acceptors (Lipinski definition) is 3. The Morgan fingerprint density at radius 2 is 1.57 bits per heavy atom. The Kier molecular flexibility index (Phi) is 7.84. The number of carbonyl (C=O) groups excluding carboxylic acids is 1. The topological polar surface area (TPSA) is 38.8 Å². The molecule has 0 N–H and O–H groups in total. The first-order valence-corrected chi connectivity index (χ1v) is 12.6. The van der Waals surface area contributed by atoms with Gasteiger partial charge in [0, 0.05) is 17.7 Å². The predicted octanol–water partition coefficient (Wildman–Crippen LogP) is 8.91. The lowest BCUT2D eigenvalue weighted by Crippen LogP contribution is -2.31. The molecule has 4 rings (SSSR count). The molecule has 0 saturated carbocycles. The summed E-state index contributed by atoms with van der Waals surface area (Å²) in [5.74, 6) is 0.552. The van der Waals surface area contributed by atoms with E-state index in [1.54, 1.807) is 13.0 Å². The van der Waals surface area contributed by atoms with E-state index >= 15 is 0 Å². The molecule has 0 spiro atoms. The number of hydrogen-bond donors (Lipinski definition) is 0. The van der Waals surface area contributed by atoms with Crippen LogP contribution in [0, 0.1) is 6.92 Å². The van der Waals surface area contributed by atoms with Crippen LogP contribution < -0.4 is 4.74 Å². The van der Waals surface area contributed by atoms with Crippen LogP contribution in [0.1, 0.15) is 66.2 Å². The minimum absolute atomic E-state index is 0.122. The molecule has 1 aliphatic rings. The Labute approximate surface area is 228 Å². The second kappa shape index (κ2) is 10.7. The summed E-state index contributed by atoms with van der Waals surface area (Å²) < 4.78 is 92.6. The Hall–Kier alpha value is -3.69. The lowest BCUT2D eigenvalue weighted by atomic mass is 9.89. The first-order valence-electron chi connectivity index (χ1n) is 12.6. The number of rotatable bonds is 6. The number of halogens is 6. The number of carbonyl (C=O) groups is 1. The number of cyclic esters (lactones) is 1. The highest BCUT2D eigenvalue weighted by molar-refractivity contribution is 5.77. The lowest BCUT2D eigenvalue weighted by molar-refractivity contribution is -0.138. The molecule has 40 heavy (non-hydrogen) atoms. The third kappa shape index (κ3) is 5.90. The van der Waals surface area contributed by atoms with Gasteiger partial charge in [0.1, 0.15) is 11.9 Å². The molecule has 1 aliphatic heterocycles. The minimum Gasteiger partial charge on any atom is -0.496 e. The normalized spacial score (nSPS) is 17.9. The molecule has 1 fully saturated rings. The third-order valence-corrected chi connectivity index (χ3v) is 7.08. The number of alkyl halides is 6. The van der Waals surface area contributed by atoms with Crippen molar-refractivity contribution in [1.82, 2.24) is 4.90 Å². The van der Waals surface area contributed by atoms with Crippen molar-refractivity contribution in [3.05, 3.63) is 88.0 Å². The fourth-order valence-corrected chi connectivity index (χ4v) is 4.97. The van der Waals surface area contributed by atoms with Crippen LogP contribution in [-0.2, 0) is 23.6 Å². The van der Waals surface area contributed by atoms with E-state index in [2.05, 4.69) is 0 Å². The van der Waals surface area contributed by atoms with E-state index in [0.29, 0.717) is 22.4 Å². The maximum atomic E-state index is 13.8. The molecule has 0 radical (unpaired) electrons. The molecule has 1 amide bonds. The van der Waals surface area contributed by atoms with E-state index < -0.39 is 41.7 Å². The Morgan fingerprint density at radius 1 is 0.900 bits per heavy atom. The zero-order chi connectivity index (χ0) is 29.6. The van der Waals surface area contributed by atoms with Crippen molar-refractivity contribution in [2.75, 3.05) is 7.11 Å². The molecule has 2 atom stereocenters. The van der Waals surface area contributed by atoms with Crippen molar-refractivity contribution < 1.29 is 40.6 Å². The molecular weight excluding hydrogens is 536 g/mol. The van der Waals surface area contributed by atoms with Crippen molar-refractivity contribution in [1.29, 1.82) is 0 Å². The van der Waals surface area contributed by atoms with Crippen LogP contribution in [0.25, 0.3) is 11.1 Å². The number of nitrogens with zero attached hydrogens (tertiary/aromatic N) is 1. The smallest absolute Gasteiger partial charge is 0.416 e. The highest BCUT2D eigenvalue weighted by atomic mass is 19.4. The third-order valence-electron chi connectivity index (χ3n) is 7.08. The molecule has 10 heteroatoms. The van der Waals surface area contributed by atoms with Crippen molar-refractivity contribution in [2.45, 2.75) is 64.7 Å². The van der Waals surface area contributed by atoms with Crippen molar-refractivity contribution >= 4 is 6.09 Å². The van der Waals surface area contributed by atoms with E-state index in [1.165, 1.54) is 31.1 Å². The quantitative estimate of drug-likeness (QED) is 0.280. The SMILES string of the molecule is COc1ccc(C(C)C)cc1-c1ccc(C(F)(F)F)cc1[C@H]1OC(=O)N(Cc2cc(C)cc(C(F)(F)F)c2)[C@H]1C. The van der Waals surface area contributed by atoms with Gasteiger partial charge in [-0.25, -0.2) is 4.79 Å². The zero-order valence-corrected chi connectivity index (χ0v) is 22.6. The molecule has 3 aromatic rings. The number of aryl methyl sites for hydroxylation is 1. The second-order valence-corrected chi connectivity index (χ2v) is 10.3. The molecule has 1 heterocycles. The van der Waals surface area contributed by atoms with Crippen LogP contribution in [-0.4, -0.2) is 24.1 Å². The van der Waals surface area contributed by atoms with Gasteiger partial charge in [-0.3, -0.25) is 4.90 Å². The number of amides is 1. The Bertz CT molecular complexity index is 1410. The molecule has 1 saturated heterocycles. The average molecular weight is 566 g/mol.